The van der Waals surface area contributed by atoms with Crippen molar-refractivity contribution in [1.29, 1.82) is 0 Å². The summed E-state index contributed by atoms with van der Waals surface area (Å²) < 4.78 is 17.7. The van der Waals surface area contributed by atoms with E-state index in [1.54, 1.807) is 14.0 Å². The Morgan fingerprint density at radius 3 is 2.81 bits per heavy atom. The van der Waals surface area contributed by atoms with Gasteiger partial charge in [-0.15, -0.1) is 0 Å². The predicted octanol–water partition coefficient (Wildman–Crippen LogP) is 3.43. The maximum Gasteiger partial charge on any atom is 0.360 e. The average molecular weight is 367 g/mol. The molecule has 2 heterocycles. The summed E-state index contributed by atoms with van der Waals surface area (Å²) in [5, 5.41) is 8.69. The summed E-state index contributed by atoms with van der Waals surface area (Å²) in [5.74, 6) is 1.09. The van der Waals surface area contributed by atoms with Gasteiger partial charge in [-0.05, 0) is 37.0 Å². The molecule has 0 bridgehead atoms. The molecule has 0 saturated heterocycles. The fourth-order valence-corrected chi connectivity index (χ4v) is 3.49. The molecule has 27 heavy (non-hydrogen) atoms. The summed E-state index contributed by atoms with van der Waals surface area (Å²) in [5.41, 5.74) is 4.04. The van der Waals surface area contributed by atoms with Gasteiger partial charge in [0.15, 0.2) is 11.5 Å². The predicted molar refractivity (Wildman–Crippen MR) is 97.9 cm³/mol. The number of benzene rings is 1. The zero-order chi connectivity index (χ0) is 19.0. The van der Waals surface area contributed by atoms with Gasteiger partial charge in [0.25, 0.3) is 0 Å². The first-order valence-corrected chi connectivity index (χ1v) is 8.97. The van der Waals surface area contributed by atoms with E-state index >= 15 is 0 Å². The van der Waals surface area contributed by atoms with Crippen molar-refractivity contribution in [2.24, 2.45) is 0 Å². The Bertz CT molecular complexity index is 972. The molecule has 1 aliphatic rings. The molecule has 7 heteroatoms. The molecule has 2 aromatic heterocycles. The lowest BCUT2D eigenvalue weighted by Gasteiger charge is -2.16. The molecule has 3 aromatic rings. The Kier molecular flexibility index (Phi) is 4.43. The Morgan fingerprint density at radius 1 is 1.33 bits per heavy atom. The minimum Gasteiger partial charge on any atom is -0.497 e. The van der Waals surface area contributed by atoms with Gasteiger partial charge in [-0.1, -0.05) is 24.2 Å². The van der Waals surface area contributed by atoms with E-state index in [0.717, 1.165) is 34.6 Å². The van der Waals surface area contributed by atoms with Gasteiger partial charge in [0, 0.05) is 11.8 Å². The molecule has 0 unspecified atom stereocenters. The number of hydrogen-bond donors (Lipinski definition) is 0. The minimum atomic E-state index is -0.441. The highest BCUT2D eigenvalue weighted by Gasteiger charge is 2.34. The monoisotopic (exact) mass is 367 g/mol. The molecule has 0 amide bonds. The third kappa shape index (κ3) is 3.09. The van der Waals surface area contributed by atoms with Crippen LogP contribution in [0.1, 0.15) is 47.1 Å². The third-order valence-electron chi connectivity index (χ3n) is 4.78. The lowest BCUT2D eigenvalue weighted by atomic mass is 9.86. The van der Waals surface area contributed by atoms with E-state index in [1.807, 2.05) is 42.1 Å². The average Bonchev–Trinajstić information content (AvgIpc) is 3.27. The van der Waals surface area contributed by atoms with Crippen LogP contribution in [0.5, 0.6) is 5.75 Å². The maximum absolute atomic E-state index is 12.2. The van der Waals surface area contributed by atoms with Crippen LogP contribution in [0, 0.1) is 0 Å². The van der Waals surface area contributed by atoms with Crippen LogP contribution in [0.3, 0.4) is 0 Å². The minimum absolute atomic E-state index is 0.0856. The topological polar surface area (TPSA) is 79.4 Å². The van der Waals surface area contributed by atoms with E-state index < -0.39 is 5.97 Å². The van der Waals surface area contributed by atoms with Gasteiger partial charge in [-0.3, -0.25) is 4.68 Å². The summed E-state index contributed by atoms with van der Waals surface area (Å²) in [6, 6.07) is 7.89. The van der Waals surface area contributed by atoms with Crippen molar-refractivity contribution in [1.82, 2.24) is 14.9 Å². The summed E-state index contributed by atoms with van der Waals surface area (Å²) >= 11 is 0. The van der Waals surface area contributed by atoms with Gasteiger partial charge in [-0.2, -0.15) is 5.10 Å². The van der Waals surface area contributed by atoms with E-state index in [2.05, 4.69) is 5.16 Å². The molecule has 1 atom stereocenters. The number of ether oxygens (including phenoxy) is 2. The molecule has 7 nitrogen and oxygen atoms in total. The molecular weight excluding hydrogens is 346 g/mol. The molecule has 1 aliphatic carbocycles. The van der Waals surface area contributed by atoms with Gasteiger partial charge >= 0.3 is 5.97 Å². The highest BCUT2D eigenvalue weighted by molar-refractivity contribution is 5.91. The van der Waals surface area contributed by atoms with E-state index in [1.165, 1.54) is 0 Å². The molecule has 0 saturated carbocycles. The van der Waals surface area contributed by atoms with Crippen molar-refractivity contribution in [3.05, 3.63) is 53.0 Å². The number of nitrogens with zero attached hydrogens (tertiary/aromatic N) is 3. The Balaban J connectivity index is 1.65. The standard InChI is InChI=1S/C20H21N3O4/c1-4-26-20(24)18-17-12(2)9-16-15(19(17)27-22-18)11-23(21-16)10-13-5-7-14(25-3)8-6-13/h5-8,11-12H,4,9-10H2,1-3H3/t12-/m0/s1. The second-order valence-corrected chi connectivity index (χ2v) is 6.63. The number of aromatic nitrogens is 3. The lowest BCUT2D eigenvalue weighted by Crippen LogP contribution is -2.13. The van der Waals surface area contributed by atoms with E-state index in [0.29, 0.717) is 18.9 Å². The quantitative estimate of drug-likeness (QED) is 0.643. The highest BCUT2D eigenvalue weighted by Crippen LogP contribution is 2.41. The number of carbonyl (C=O) groups excluding carboxylic acids is 1. The molecule has 0 spiro atoms. The normalized spacial score (nSPS) is 15.1. The second kappa shape index (κ2) is 6.90. The highest BCUT2D eigenvalue weighted by atomic mass is 16.5. The number of fused-ring (bicyclic) bond motifs is 3. The van der Waals surface area contributed by atoms with Gasteiger partial charge in [0.05, 0.1) is 31.5 Å². The maximum atomic E-state index is 12.2. The van der Waals surface area contributed by atoms with Crippen molar-refractivity contribution in [2.75, 3.05) is 13.7 Å². The third-order valence-corrected chi connectivity index (χ3v) is 4.78. The Labute approximate surface area is 156 Å². The zero-order valence-corrected chi connectivity index (χ0v) is 15.6. The lowest BCUT2D eigenvalue weighted by molar-refractivity contribution is 0.0513. The smallest absolute Gasteiger partial charge is 0.360 e. The fourth-order valence-electron chi connectivity index (χ4n) is 3.49. The largest absolute Gasteiger partial charge is 0.497 e. The molecule has 0 N–H and O–H groups in total. The summed E-state index contributed by atoms with van der Waals surface area (Å²) in [7, 11) is 1.65. The van der Waals surface area contributed by atoms with Crippen molar-refractivity contribution < 1.29 is 18.8 Å². The van der Waals surface area contributed by atoms with E-state index in [-0.39, 0.29) is 11.6 Å². The first-order chi connectivity index (χ1) is 13.1. The van der Waals surface area contributed by atoms with Gasteiger partial charge in [0.2, 0.25) is 0 Å². The van der Waals surface area contributed by atoms with E-state index in [4.69, 9.17) is 19.1 Å². The summed E-state index contributed by atoms with van der Waals surface area (Å²) in [4.78, 5) is 12.2. The molecule has 4 rings (SSSR count). The number of rotatable bonds is 5. The Hall–Kier alpha value is -3.09. The van der Waals surface area contributed by atoms with Gasteiger partial charge in [-0.25, -0.2) is 4.79 Å². The van der Waals surface area contributed by atoms with Crippen LogP contribution < -0.4 is 4.74 Å². The van der Waals surface area contributed by atoms with Crippen molar-refractivity contribution in [2.45, 2.75) is 32.7 Å². The molecule has 0 radical (unpaired) electrons. The number of esters is 1. The number of methoxy groups -OCH3 is 1. The van der Waals surface area contributed by atoms with E-state index in [9.17, 15) is 4.79 Å². The van der Waals surface area contributed by atoms with Crippen LogP contribution in [-0.4, -0.2) is 34.6 Å². The molecule has 0 aliphatic heterocycles. The SMILES string of the molecule is CCOC(=O)c1noc2c1[C@@H](C)Cc1nn(Cc3ccc(OC)cc3)cc1-2. The fraction of sp³-hybridized carbons (Fsp3) is 0.350. The van der Waals surface area contributed by atoms with Crippen molar-refractivity contribution in [3.8, 4) is 17.1 Å². The van der Waals surface area contributed by atoms with Gasteiger partial charge in [0.1, 0.15) is 5.75 Å². The molecule has 0 fully saturated rings. The van der Waals surface area contributed by atoms with Crippen LogP contribution in [-0.2, 0) is 17.7 Å². The number of hydrogen-bond acceptors (Lipinski definition) is 6. The van der Waals surface area contributed by atoms with Gasteiger partial charge < -0.3 is 14.0 Å². The molecule has 1 aromatic carbocycles. The summed E-state index contributed by atoms with van der Waals surface area (Å²) in [6.45, 7) is 4.76. The second-order valence-electron chi connectivity index (χ2n) is 6.63. The molecular formula is C20H21N3O4. The first kappa shape index (κ1) is 17.3. The van der Waals surface area contributed by atoms with Crippen molar-refractivity contribution in [3.63, 3.8) is 0 Å². The van der Waals surface area contributed by atoms with Crippen LogP contribution in [0.25, 0.3) is 11.3 Å². The molecule has 140 valence electrons. The number of carbonyl (C=O) groups is 1. The van der Waals surface area contributed by atoms with Crippen LogP contribution >= 0.6 is 0 Å². The Morgan fingerprint density at radius 2 is 2.11 bits per heavy atom. The van der Waals surface area contributed by atoms with Crippen LogP contribution in [0.2, 0.25) is 0 Å². The first-order valence-electron chi connectivity index (χ1n) is 8.97. The van der Waals surface area contributed by atoms with Crippen LogP contribution in [0.15, 0.2) is 35.0 Å². The van der Waals surface area contributed by atoms with Crippen LogP contribution in [0.4, 0.5) is 0 Å². The van der Waals surface area contributed by atoms with Crippen molar-refractivity contribution >= 4 is 5.97 Å². The summed E-state index contributed by atoms with van der Waals surface area (Å²) in [6.07, 6.45) is 2.68. The zero-order valence-electron chi connectivity index (χ0n) is 15.6.